The number of rotatable bonds is 8. The summed E-state index contributed by atoms with van der Waals surface area (Å²) in [5, 5.41) is 1.41. The van der Waals surface area contributed by atoms with E-state index in [-0.39, 0.29) is 0 Å². The lowest BCUT2D eigenvalue weighted by atomic mass is 10.2. The van der Waals surface area contributed by atoms with Crippen LogP contribution in [0.15, 0.2) is 18.2 Å². The smallest absolute Gasteiger partial charge is 0.138 e. The number of hydrogen-bond acceptors (Lipinski definition) is 3. The minimum absolute atomic E-state index is 0.483. The van der Waals surface area contributed by atoms with Crippen LogP contribution < -0.4 is 4.74 Å². The van der Waals surface area contributed by atoms with Crippen LogP contribution >= 0.6 is 27.5 Å². The van der Waals surface area contributed by atoms with E-state index in [0.29, 0.717) is 37.2 Å². The van der Waals surface area contributed by atoms with Gasteiger partial charge < -0.3 is 14.2 Å². The molecule has 0 heterocycles. The Morgan fingerprint density at radius 1 is 1.18 bits per heavy atom. The van der Waals surface area contributed by atoms with Crippen LogP contribution in [-0.2, 0) is 14.8 Å². The van der Waals surface area contributed by atoms with Crippen molar-refractivity contribution in [1.29, 1.82) is 0 Å². The number of hydrogen-bond donors (Lipinski definition) is 0. The van der Waals surface area contributed by atoms with Crippen LogP contribution in [0, 0.1) is 0 Å². The highest BCUT2D eigenvalue weighted by molar-refractivity contribution is 9.08. The molecule has 0 aliphatic carbocycles. The number of benzene rings is 1. The van der Waals surface area contributed by atoms with Gasteiger partial charge in [-0.2, -0.15) is 0 Å². The Morgan fingerprint density at radius 2 is 1.94 bits per heavy atom. The van der Waals surface area contributed by atoms with Crippen LogP contribution in [0.4, 0.5) is 0 Å². The normalized spacial score (nSPS) is 10.5. The first-order valence-electron chi connectivity index (χ1n) is 5.31. The summed E-state index contributed by atoms with van der Waals surface area (Å²) in [6.45, 7) is 2.19. The lowest BCUT2D eigenvalue weighted by Gasteiger charge is -2.09. The molecule has 1 aromatic rings. The van der Waals surface area contributed by atoms with Gasteiger partial charge in [-0.3, -0.25) is 0 Å². The molecule has 0 aromatic heterocycles. The third-order valence-electron chi connectivity index (χ3n) is 2.07. The summed E-state index contributed by atoms with van der Waals surface area (Å²) >= 11 is 9.44. The maximum atomic E-state index is 6.06. The molecule has 0 N–H and O–H groups in total. The van der Waals surface area contributed by atoms with Crippen molar-refractivity contribution in [2.75, 3.05) is 33.5 Å². The van der Waals surface area contributed by atoms with Gasteiger partial charge in [0.15, 0.2) is 0 Å². The van der Waals surface area contributed by atoms with Gasteiger partial charge in [-0.15, -0.1) is 0 Å². The van der Waals surface area contributed by atoms with Gasteiger partial charge in [0.1, 0.15) is 12.4 Å². The van der Waals surface area contributed by atoms with E-state index < -0.39 is 0 Å². The molecule has 5 heteroatoms. The van der Waals surface area contributed by atoms with Gasteiger partial charge in [-0.05, 0) is 17.7 Å². The first-order valence-corrected chi connectivity index (χ1v) is 6.81. The molecule has 17 heavy (non-hydrogen) atoms. The molecule has 0 bridgehead atoms. The first kappa shape index (κ1) is 14.8. The van der Waals surface area contributed by atoms with Crippen molar-refractivity contribution in [3.05, 3.63) is 28.8 Å². The number of alkyl halides is 1. The molecule has 0 amide bonds. The molecule has 0 spiro atoms. The number of ether oxygens (including phenoxy) is 3. The topological polar surface area (TPSA) is 27.7 Å². The Labute approximate surface area is 115 Å². The van der Waals surface area contributed by atoms with Crippen LogP contribution in [0.3, 0.4) is 0 Å². The fourth-order valence-corrected chi connectivity index (χ4v) is 1.81. The molecular weight excluding hydrogens is 307 g/mol. The zero-order valence-electron chi connectivity index (χ0n) is 9.75. The molecule has 0 aliphatic rings. The van der Waals surface area contributed by atoms with E-state index in [4.69, 9.17) is 25.8 Å². The van der Waals surface area contributed by atoms with Crippen molar-refractivity contribution < 1.29 is 14.2 Å². The van der Waals surface area contributed by atoms with E-state index in [0.717, 1.165) is 10.9 Å². The molecule has 3 nitrogen and oxygen atoms in total. The van der Waals surface area contributed by atoms with Gasteiger partial charge in [0.05, 0.1) is 24.8 Å². The molecule has 96 valence electrons. The van der Waals surface area contributed by atoms with Crippen LogP contribution in [0.25, 0.3) is 0 Å². The van der Waals surface area contributed by atoms with Gasteiger partial charge in [0, 0.05) is 12.4 Å². The molecule has 0 fully saturated rings. The highest BCUT2D eigenvalue weighted by Crippen LogP contribution is 2.26. The summed E-state index contributed by atoms with van der Waals surface area (Å²) in [4.78, 5) is 0. The summed E-state index contributed by atoms with van der Waals surface area (Å²) in [6, 6.07) is 5.73. The minimum Gasteiger partial charge on any atom is -0.490 e. The Morgan fingerprint density at radius 3 is 2.59 bits per heavy atom. The molecule has 1 rings (SSSR count). The van der Waals surface area contributed by atoms with Gasteiger partial charge in [0.2, 0.25) is 0 Å². The van der Waals surface area contributed by atoms with E-state index >= 15 is 0 Å². The summed E-state index contributed by atoms with van der Waals surface area (Å²) in [6.07, 6.45) is 0. The average Bonchev–Trinajstić information content (AvgIpc) is 2.35. The van der Waals surface area contributed by atoms with Crippen molar-refractivity contribution >= 4 is 27.5 Å². The third-order valence-corrected chi connectivity index (χ3v) is 3.01. The lowest BCUT2D eigenvalue weighted by molar-refractivity contribution is 0.0544. The highest BCUT2D eigenvalue weighted by atomic mass is 79.9. The standard InChI is InChI=1S/C12H16BrClO3/c1-15-4-5-16-6-7-17-12-3-2-10(9-13)8-11(12)14/h2-3,8H,4-7,9H2,1H3. The molecular formula is C12H16BrClO3. The SMILES string of the molecule is COCCOCCOc1ccc(CBr)cc1Cl. The van der Waals surface area contributed by atoms with Gasteiger partial charge in [0.25, 0.3) is 0 Å². The van der Waals surface area contributed by atoms with E-state index in [2.05, 4.69) is 15.9 Å². The summed E-state index contributed by atoms with van der Waals surface area (Å²) in [5.74, 6) is 0.687. The monoisotopic (exact) mass is 322 g/mol. The maximum absolute atomic E-state index is 6.06. The van der Waals surface area contributed by atoms with Crippen LogP contribution in [0.1, 0.15) is 5.56 Å². The number of halogens is 2. The van der Waals surface area contributed by atoms with Gasteiger partial charge in [-0.25, -0.2) is 0 Å². The van der Waals surface area contributed by atoms with Crippen LogP contribution in [0.5, 0.6) is 5.75 Å². The van der Waals surface area contributed by atoms with E-state index in [9.17, 15) is 0 Å². The molecule has 0 unspecified atom stereocenters. The molecule has 1 aromatic carbocycles. The van der Waals surface area contributed by atoms with Crippen LogP contribution in [0.2, 0.25) is 5.02 Å². The highest BCUT2D eigenvalue weighted by Gasteiger charge is 2.02. The molecule has 0 atom stereocenters. The average molecular weight is 324 g/mol. The number of methoxy groups -OCH3 is 1. The maximum Gasteiger partial charge on any atom is 0.138 e. The van der Waals surface area contributed by atoms with Crippen molar-refractivity contribution in [2.24, 2.45) is 0 Å². The van der Waals surface area contributed by atoms with Crippen molar-refractivity contribution in [1.82, 2.24) is 0 Å². The summed E-state index contributed by atoms with van der Waals surface area (Å²) in [7, 11) is 1.64. The Kier molecular flexibility index (Phi) is 7.60. The van der Waals surface area contributed by atoms with Crippen LogP contribution in [-0.4, -0.2) is 33.5 Å². The predicted octanol–water partition coefficient (Wildman–Crippen LogP) is 3.28. The van der Waals surface area contributed by atoms with Gasteiger partial charge in [-0.1, -0.05) is 33.6 Å². The lowest BCUT2D eigenvalue weighted by Crippen LogP contribution is -2.10. The van der Waals surface area contributed by atoms with Crippen molar-refractivity contribution in [3.63, 3.8) is 0 Å². The van der Waals surface area contributed by atoms with Crippen molar-refractivity contribution in [2.45, 2.75) is 5.33 Å². The fourth-order valence-electron chi connectivity index (χ4n) is 1.20. The minimum atomic E-state index is 0.483. The fraction of sp³-hybridized carbons (Fsp3) is 0.500. The second-order valence-corrected chi connectivity index (χ2v) is 4.32. The second kappa shape index (κ2) is 8.75. The van der Waals surface area contributed by atoms with Gasteiger partial charge >= 0.3 is 0 Å². The largest absolute Gasteiger partial charge is 0.490 e. The predicted molar refractivity (Wildman–Crippen MR) is 72.3 cm³/mol. The molecule has 0 aliphatic heterocycles. The second-order valence-electron chi connectivity index (χ2n) is 3.35. The summed E-state index contributed by atoms with van der Waals surface area (Å²) in [5.41, 5.74) is 1.12. The summed E-state index contributed by atoms with van der Waals surface area (Å²) < 4.78 is 15.6. The Bertz CT molecular complexity index is 334. The zero-order chi connectivity index (χ0) is 12.5. The Hall–Kier alpha value is -0.290. The van der Waals surface area contributed by atoms with E-state index in [1.165, 1.54) is 0 Å². The molecule has 0 saturated heterocycles. The third kappa shape index (κ3) is 5.73. The first-order chi connectivity index (χ1) is 8.27. The molecule has 0 radical (unpaired) electrons. The van der Waals surface area contributed by atoms with E-state index in [1.54, 1.807) is 7.11 Å². The molecule has 0 saturated carbocycles. The Balaban J connectivity index is 2.27. The van der Waals surface area contributed by atoms with E-state index in [1.807, 2.05) is 18.2 Å². The quantitative estimate of drug-likeness (QED) is 0.543. The zero-order valence-corrected chi connectivity index (χ0v) is 12.1. The van der Waals surface area contributed by atoms with Crippen molar-refractivity contribution in [3.8, 4) is 5.75 Å².